The number of rotatable bonds is 4. The number of aliphatic hydroxyl groups is 1. The van der Waals surface area contributed by atoms with E-state index in [4.69, 9.17) is 0 Å². The summed E-state index contributed by atoms with van der Waals surface area (Å²) in [5.74, 6) is 1.00. The van der Waals surface area contributed by atoms with Gasteiger partial charge in [-0.05, 0) is 37.8 Å². The lowest BCUT2D eigenvalue weighted by atomic mass is 9.73. The fourth-order valence-electron chi connectivity index (χ4n) is 3.90. The number of aromatic nitrogens is 1. The third kappa shape index (κ3) is 4.63. The van der Waals surface area contributed by atoms with Crippen LogP contribution in [-0.4, -0.2) is 47.9 Å². The lowest BCUT2D eigenvalue weighted by Crippen LogP contribution is -2.51. The predicted octanol–water partition coefficient (Wildman–Crippen LogP) is 2.29. The number of pyridine rings is 1. The first-order valence-corrected chi connectivity index (χ1v) is 9.45. The minimum absolute atomic E-state index is 0.115. The number of nitrogens with zero attached hydrogens (tertiary/aromatic N) is 2. The number of carbonyl (C=O) groups excluding carboxylic acids is 1. The molecule has 3 N–H and O–H groups in total. The van der Waals surface area contributed by atoms with E-state index in [-0.39, 0.29) is 23.6 Å². The topological polar surface area (TPSA) is 77.5 Å². The van der Waals surface area contributed by atoms with Gasteiger partial charge in [-0.25, -0.2) is 9.78 Å². The average molecular weight is 346 g/mol. The Balaban J connectivity index is 1.40. The molecule has 2 heterocycles. The van der Waals surface area contributed by atoms with Crippen LogP contribution in [0, 0.1) is 5.41 Å². The number of urea groups is 1. The SMILES string of the molecule is CC1(CNC(=O)NC2CCN(c3ccccn3)CC2)CCCCC1O. The van der Waals surface area contributed by atoms with Crippen molar-refractivity contribution in [2.75, 3.05) is 24.5 Å². The number of carbonyl (C=O) groups is 1. The largest absolute Gasteiger partial charge is 0.392 e. The smallest absolute Gasteiger partial charge is 0.315 e. The Labute approximate surface area is 150 Å². The maximum Gasteiger partial charge on any atom is 0.315 e. The van der Waals surface area contributed by atoms with Crippen molar-refractivity contribution in [1.82, 2.24) is 15.6 Å². The molecule has 2 fully saturated rings. The van der Waals surface area contributed by atoms with Gasteiger partial charge in [0, 0.05) is 37.3 Å². The van der Waals surface area contributed by atoms with Crippen molar-refractivity contribution in [2.24, 2.45) is 5.41 Å². The summed E-state index contributed by atoms with van der Waals surface area (Å²) in [5, 5.41) is 16.3. The Morgan fingerprint density at radius 1 is 1.32 bits per heavy atom. The molecular formula is C19H30N4O2. The third-order valence-corrected chi connectivity index (χ3v) is 5.74. The number of hydrogen-bond acceptors (Lipinski definition) is 4. The fourth-order valence-corrected chi connectivity index (χ4v) is 3.90. The van der Waals surface area contributed by atoms with Gasteiger partial charge in [0.15, 0.2) is 0 Å². The fraction of sp³-hybridized carbons (Fsp3) is 0.684. The first kappa shape index (κ1) is 18.0. The molecular weight excluding hydrogens is 316 g/mol. The average Bonchev–Trinajstić information content (AvgIpc) is 2.64. The highest BCUT2D eigenvalue weighted by molar-refractivity contribution is 5.74. The molecule has 0 aromatic carbocycles. The van der Waals surface area contributed by atoms with E-state index in [0.717, 1.165) is 57.4 Å². The van der Waals surface area contributed by atoms with Gasteiger partial charge in [-0.15, -0.1) is 0 Å². The molecule has 6 nitrogen and oxygen atoms in total. The summed E-state index contributed by atoms with van der Waals surface area (Å²) in [6, 6.07) is 6.03. The van der Waals surface area contributed by atoms with Crippen LogP contribution >= 0.6 is 0 Å². The Hall–Kier alpha value is -1.82. The van der Waals surface area contributed by atoms with Crippen LogP contribution in [0.1, 0.15) is 45.4 Å². The van der Waals surface area contributed by atoms with Gasteiger partial charge in [0.25, 0.3) is 0 Å². The normalized spacial score (nSPS) is 27.8. The van der Waals surface area contributed by atoms with Crippen LogP contribution in [0.5, 0.6) is 0 Å². The van der Waals surface area contributed by atoms with Crippen molar-refractivity contribution in [3.8, 4) is 0 Å². The zero-order valence-corrected chi connectivity index (χ0v) is 15.1. The number of nitrogens with one attached hydrogen (secondary N) is 2. The van der Waals surface area contributed by atoms with Gasteiger partial charge >= 0.3 is 6.03 Å². The predicted molar refractivity (Wildman–Crippen MR) is 98.6 cm³/mol. The quantitative estimate of drug-likeness (QED) is 0.782. The van der Waals surface area contributed by atoms with Crippen molar-refractivity contribution < 1.29 is 9.90 Å². The second-order valence-corrected chi connectivity index (χ2v) is 7.69. The van der Waals surface area contributed by atoms with Gasteiger partial charge < -0.3 is 20.6 Å². The molecule has 2 amide bonds. The van der Waals surface area contributed by atoms with Crippen molar-refractivity contribution in [3.63, 3.8) is 0 Å². The standard InChI is InChI=1S/C19H30N4O2/c1-19(10-4-2-6-16(19)24)14-21-18(25)22-15-8-12-23(13-9-15)17-7-3-5-11-20-17/h3,5,7,11,15-16,24H,2,4,6,8-10,12-14H2,1H3,(H2,21,22,25). The van der Waals surface area contributed by atoms with E-state index in [1.54, 1.807) is 0 Å². The molecule has 0 radical (unpaired) electrons. The van der Waals surface area contributed by atoms with Crippen LogP contribution in [-0.2, 0) is 0 Å². The lowest BCUT2D eigenvalue weighted by molar-refractivity contribution is 0.00304. The number of hydrogen-bond donors (Lipinski definition) is 3. The summed E-state index contributed by atoms with van der Waals surface area (Å²) in [6.07, 6.45) is 7.35. The molecule has 0 spiro atoms. The number of aliphatic hydroxyl groups excluding tert-OH is 1. The van der Waals surface area contributed by atoms with Gasteiger partial charge in [-0.1, -0.05) is 25.8 Å². The van der Waals surface area contributed by atoms with E-state index in [1.165, 1.54) is 0 Å². The zero-order chi connectivity index (χ0) is 17.7. The molecule has 2 atom stereocenters. The van der Waals surface area contributed by atoms with E-state index in [1.807, 2.05) is 24.4 Å². The zero-order valence-electron chi connectivity index (χ0n) is 15.1. The van der Waals surface area contributed by atoms with Crippen molar-refractivity contribution in [2.45, 2.75) is 57.6 Å². The Morgan fingerprint density at radius 3 is 2.80 bits per heavy atom. The number of piperidine rings is 1. The van der Waals surface area contributed by atoms with Crippen LogP contribution in [0.25, 0.3) is 0 Å². The van der Waals surface area contributed by atoms with Gasteiger partial charge in [-0.3, -0.25) is 0 Å². The van der Waals surface area contributed by atoms with Crippen LogP contribution in [0.3, 0.4) is 0 Å². The maximum absolute atomic E-state index is 12.2. The molecule has 1 saturated heterocycles. The summed E-state index contributed by atoms with van der Waals surface area (Å²) in [6.45, 7) is 4.41. The Kier molecular flexibility index (Phi) is 5.78. The van der Waals surface area contributed by atoms with Gasteiger partial charge in [0.05, 0.1) is 6.10 Å². The van der Waals surface area contributed by atoms with E-state index in [2.05, 4.69) is 27.4 Å². The van der Waals surface area contributed by atoms with Crippen molar-refractivity contribution >= 4 is 11.8 Å². The molecule has 1 aromatic heterocycles. The summed E-state index contributed by atoms with van der Waals surface area (Å²) in [5.41, 5.74) is -0.196. The van der Waals surface area contributed by atoms with Gasteiger partial charge in [0.2, 0.25) is 0 Å². The molecule has 1 aromatic rings. The van der Waals surface area contributed by atoms with E-state index in [9.17, 15) is 9.90 Å². The second kappa shape index (κ2) is 8.04. The minimum atomic E-state index is -0.317. The van der Waals surface area contributed by atoms with Gasteiger partial charge in [-0.2, -0.15) is 0 Å². The van der Waals surface area contributed by atoms with Crippen molar-refractivity contribution in [1.29, 1.82) is 0 Å². The Bertz CT molecular complexity index is 560. The number of anilines is 1. The molecule has 2 unspecified atom stereocenters. The third-order valence-electron chi connectivity index (χ3n) is 5.74. The first-order chi connectivity index (χ1) is 12.1. The maximum atomic E-state index is 12.2. The summed E-state index contributed by atoms with van der Waals surface area (Å²) < 4.78 is 0. The molecule has 0 bridgehead atoms. The van der Waals surface area contributed by atoms with Crippen molar-refractivity contribution in [3.05, 3.63) is 24.4 Å². The van der Waals surface area contributed by atoms with Crippen LogP contribution in [0.2, 0.25) is 0 Å². The highest BCUT2D eigenvalue weighted by atomic mass is 16.3. The molecule has 25 heavy (non-hydrogen) atoms. The number of amides is 2. The van der Waals surface area contributed by atoms with Crippen LogP contribution in [0.15, 0.2) is 24.4 Å². The molecule has 6 heteroatoms. The van der Waals surface area contributed by atoms with Crippen LogP contribution in [0.4, 0.5) is 10.6 Å². The molecule has 1 aliphatic carbocycles. The summed E-state index contributed by atoms with van der Waals surface area (Å²) in [7, 11) is 0. The van der Waals surface area contributed by atoms with E-state index < -0.39 is 0 Å². The molecule has 1 saturated carbocycles. The first-order valence-electron chi connectivity index (χ1n) is 9.45. The summed E-state index contributed by atoms with van der Waals surface area (Å²) in [4.78, 5) is 18.9. The molecule has 1 aliphatic heterocycles. The van der Waals surface area contributed by atoms with E-state index >= 15 is 0 Å². The highest BCUT2D eigenvalue weighted by Gasteiger charge is 2.35. The molecule has 3 rings (SSSR count). The highest BCUT2D eigenvalue weighted by Crippen LogP contribution is 2.35. The molecule has 2 aliphatic rings. The monoisotopic (exact) mass is 346 g/mol. The van der Waals surface area contributed by atoms with Gasteiger partial charge in [0.1, 0.15) is 5.82 Å². The Morgan fingerprint density at radius 2 is 2.12 bits per heavy atom. The molecule has 138 valence electrons. The minimum Gasteiger partial charge on any atom is -0.392 e. The second-order valence-electron chi connectivity index (χ2n) is 7.69. The lowest BCUT2D eigenvalue weighted by Gasteiger charge is -2.38. The van der Waals surface area contributed by atoms with Crippen LogP contribution < -0.4 is 15.5 Å². The van der Waals surface area contributed by atoms with E-state index in [0.29, 0.717) is 6.54 Å². The summed E-state index contributed by atoms with van der Waals surface area (Å²) >= 11 is 0.